The molecule has 0 radical (unpaired) electrons. The Labute approximate surface area is 259 Å². The fraction of sp³-hybridized carbons (Fsp3) is 0.385. The Morgan fingerprint density at radius 3 is 1.43 bits per heavy atom. The number of carbonyl (C=O) groups excluding carboxylic acids is 2. The number of nitrogens with one attached hydrogen (secondary N) is 2. The van der Waals surface area contributed by atoms with Gasteiger partial charge in [0, 0.05) is 74.6 Å². The molecule has 0 fully saturated rings. The van der Waals surface area contributed by atoms with Gasteiger partial charge in [-0.1, -0.05) is 44.0 Å². The van der Waals surface area contributed by atoms with Gasteiger partial charge in [0.1, 0.15) is 11.4 Å². The minimum absolute atomic E-state index is 0.0345. The molecule has 2 rings (SSSR count). The van der Waals surface area contributed by atoms with Gasteiger partial charge in [-0.25, -0.2) is 0 Å². The number of nitrogens with zero attached hydrogens (tertiary/aromatic N) is 4. The van der Waals surface area contributed by atoms with Gasteiger partial charge in [0.25, 0.3) is 11.8 Å². The summed E-state index contributed by atoms with van der Waals surface area (Å²) in [6.07, 6.45) is 0.405. The first kappa shape index (κ1) is 33.8. The molecule has 218 valence electrons. The van der Waals surface area contributed by atoms with Crippen molar-refractivity contribution in [2.45, 2.75) is 12.8 Å². The van der Waals surface area contributed by atoms with Crippen LogP contribution in [0, 0.1) is 0 Å². The van der Waals surface area contributed by atoms with Crippen LogP contribution in [0.2, 0.25) is 0 Å². The third-order valence-electron chi connectivity index (χ3n) is 5.52. The quantitative estimate of drug-likeness (QED) is 0.0702. The van der Waals surface area contributed by atoms with Crippen LogP contribution in [0.1, 0.15) is 11.1 Å². The number of oxime groups is 2. The van der Waals surface area contributed by atoms with Crippen LogP contribution < -0.4 is 20.4 Å². The third kappa shape index (κ3) is 10.9. The molecule has 4 N–H and O–H groups in total. The van der Waals surface area contributed by atoms with E-state index in [1.165, 1.54) is 0 Å². The van der Waals surface area contributed by atoms with Crippen LogP contribution in [0.4, 0.5) is 11.4 Å². The van der Waals surface area contributed by atoms with Crippen molar-refractivity contribution in [1.82, 2.24) is 10.6 Å². The highest BCUT2D eigenvalue weighted by molar-refractivity contribution is 9.11. The van der Waals surface area contributed by atoms with E-state index in [1.807, 2.05) is 74.4 Å². The highest BCUT2D eigenvalue weighted by atomic mass is 79.9. The fourth-order valence-corrected chi connectivity index (χ4v) is 6.86. The molecule has 2 aromatic rings. The monoisotopic (exact) mass is 716 g/mol. The highest BCUT2D eigenvalue weighted by Crippen LogP contribution is 2.27. The van der Waals surface area contributed by atoms with Crippen LogP contribution in [-0.2, 0) is 22.4 Å². The number of hydrogen-bond donors (Lipinski definition) is 4. The second-order valence-electron chi connectivity index (χ2n) is 8.96. The lowest BCUT2D eigenvalue weighted by atomic mass is 10.1. The lowest BCUT2D eigenvalue weighted by Crippen LogP contribution is -2.34. The summed E-state index contributed by atoms with van der Waals surface area (Å²) < 4.78 is 1.78. The molecule has 2 aromatic carbocycles. The second kappa shape index (κ2) is 17.4. The summed E-state index contributed by atoms with van der Waals surface area (Å²) in [6, 6.07) is 11.4. The Hall–Kier alpha value is -2.42. The Kier molecular flexibility index (Phi) is 14.7. The van der Waals surface area contributed by atoms with Gasteiger partial charge in [-0.05, 0) is 67.3 Å². The maximum atomic E-state index is 12.4. The van der Waals surface area contributed by atoms with E-state index >= 15 is 0 Å². The molecule has 0 heterocycles. The molecule has 14 heteroatoms. The van der Waals surface area contributed by atoms with Gasteiger partial charge in [-0.3, -0.25) is 9.59 Å². The molecular weight excluding hydrogens is 684 g/mol. The van der Waals surface area contributed by atoms with Crippen LogP contribution in [0.25, 0.3) is 0 Å². The Balaban J connectivity index is 1.66. The van der Waals surface area contributed by atoms with Crippen LogP contribution in [-0.4, -0.2) is 86.4 Å². The zero-order valence-electron chi connectivity index (χ0n) is 22.8. The first-order chi connectivity index (χ1) is 19.1. The van der Waals surface area contributed by atoms with Gasteiger partial charge in [0.2, 0.25) is 0 Å². The number of benzene rings is 2. The first-order valence-electron chi connectivity index (χ1n) is 12.2. The normalized spacial score (nSPS) is 11.8. The number of halogens is 2. The zero-order valence-corrected chi connectivity index (χ0v) is 27.6. The summed E-state index contributed by atoms with van der Waals surface area (Å²) in [5, 5.41) is 30.6. The van der Waals surface area contributed by atoms with Gasteiger partial charge in [0.15, 0.2) is 0 Å². The summed E-state index contributed by atoms with van der Waals surface area (Å²) in [4.78, 5) is 28.8. The SMILES string of the molecule is CN(C)c1ccc(C/C(=N/O)C(=O)NCCSSCCNC(=O)/C(Cc2ccc(N(C)C)c(Br)c2)=N\O)cc1Br. The molecule has 2 amide bonds. The van der Waals surface area contributed by atoms with Crippen molar-refractivity contribution in [3.8, 4) is 0 Å². The smallest absolute Gasteiger partial charge is 0.269 e. The molecule has 40 heavy (non-hydrogen) atoms. The van der Waals surface area contributed by atoms with Crippen molar-refractivity contribution in [3.05, 3.63) is 56.5 Å². The van der Waals surface area contributed by atoms with E-state index < -0.39 is 11.8 Å². The van der Waals surface area contributed by atoms with E-state index in [0.29, 0.717) is 24.6 Å². The molecule has 0 aliphatic rings. The van der Waals surface area contributed by atoms with E-state index in [4.69, 9.17) is 0 Å². The lowest BCUT2D eigenvalue weighted by Gasteiger charge is -2.15. The van der Waals surface area contributed by atoms with Crippen molar-refractivity contribution >= 4 is 88.1 Å². The van der Waals surface area contributed by atoms with Crippen LogP contribution in [0.5, 0.6) is 0 Å². The minimum atomic E-state index is -0.424. The summed E-state index contributed by atoms with van der Waals surface area (Å²) in [5.74, 6) is 0.417. The molecule has 0 aliphatic heterocycles. The van der Waals surface area contributed by atoms with E-state index in [-0.39, 0.29) is 24.3 Å². The average molecular weight is 719 g/mol. The Bertz CT molecular complexity index is 1130. The minimum Gasteiger partial charge on any atom is -0.410 e. The van der Waals surface area contributed by atoms with Crippen molar-refractivity contribution in [1.29, 1.82) is 0 Å². The van der Waals surface area contributed by atoms with Crippen LogP contribution >= 0.6 is 53.4 Å². The fourth-order valence-electron chi connectivity index (χ4n) is 3.49. The summed E-state index contributed by atoms with van der Waals surface area (Å²) in [6.45, 7) is 0.795. The largest absolute Gasteiger partial charge is 0.410 e. The maximum Gasteiger partial charge on any atom is 0.269 e. The summed E-state index contributed by atoms with van der Waals surface area (Å²) in [7, 11) is 10.9. The molecule has 0 bridgehead atoms. The molecule has 0 saturated heterocycles. The Morgan fingerprint density at radius 1 is 0.750 bits per heavy atom. The predicted molar refractivity (Wildman–Crippen MR) is 174 cm³/mol. The molecule has 0 aromatic heterocycles. The molecular formula is C26H34Br2N6O4S2. The summed E-state index contributed by atoms with van der Waals surface area (Å²) >= 11 is 7.04. The number of carbonyl (C=O) groups is 2. The van der Waals surface area contributed by atoms with Gasteiger partial charge < -0.3 is 30.8 Å². The van der Waals surface area contributed by atoms with Crippen molar-refractivity contribution in [2.75, 3.05) is 62.6 Å². The van der Waals surface area contributed by atoms with Crippen molar-refractivity contribution in [3.63, 3.8) is 0 Å². The first-order valence-corrected chi connectivity index (χ1v) is 16.3. The highest BCUT2D eigenvalue weighted by Gasteiger charge is 2.15. The van der Waals surface area contributed by atoms with Crippen molar-refractivity contribution in [2.24, 2.45) is 10.3 Å². The number of anilines is 2. The molecule has 0 saturated carbocycles. The van der Waals surface area contributed by atoms with Crippen LogP contribution in [0.15, 0.2) is 55.7 Å². The molecule has 0 atom stereocenters. The van der Waals surface area contributed by atoms with Gasteiger partial charge in [-0.15, -0.1) is 0 Å². The second-order valence-corrected chi connectivity index (χ2v) is 13.4. The van der Waals surface area contributed by atoms with E-state index in [2.05, 4.69) is 52.8 Å². The zero-order chi connectivity index (χ0) is 29.7. The average Bonchev–Trinajstić information content (AvgIpc) is 2.91. The summed E-state index contributed by atoms with van der Waals surface area (Å²) in [5.41, 5.74) is 3.77. The van der Waals surface area contributed by atoms with Gasteiger partial charge in [0.05, 0.1) is 11.4 Å². The molecule has 10 nitrogen and oxygen atoms in total. The standard InChI is InChI=1S/C26H34Br2N6O4S2/c1-33(2)23-7-5-17(13-19(23)27)15-21(31-37)25(35)29-9-11-39-40-12-10-30-26(36)22(32-38)16-18-6-8-24(34(3)4)20(28)14-18/h5-8,13-14,37-38H,9-12,15-16H2,1-4H3,(H,29,35)(H,30,36)/b31-21-,32-22-. The topological polar surface area (TPSA) is 130 Å². The number of rotatable bonds is 15. The van der Waals surface area contributed by atoms with E-state index in [0.717, 1.165) is 31.4 Å². The van der Waals surface area contributed by atoms with Gasteiger partial charge in [-0.2, -0.15) is 0 Å². The van der Waals surface area contributed by atoms with E-state index in [9.17, 15) is 20.0 Å². The number of hydrogen-bond acceptors (Lipinski definition) is 10. The Morgan fingerprint density at radius 2 is 1.12 bits per heavy atom. The maximum absolute atomic E-state index is 12.4. The molecule has 0 aliphatic carbocycles. The third-order valence-corrected chi connectivity index (χ3v) is 9.20. The van der Waals surface area contributed by atoms with Crippen LogP contribution in [0.3, 0.4) is 0 Å². The van der Waals surface area contributed by atoms with Gasteiger partial charge >= 0.3 is 0 Å². The van der Waals surface area contributed by atoms with Crippen molar-refractivity contribution < 1.29 is 20.0 Å². The predicted octanol–water partition coefficient (Wildman–Crippen LogP) is 4.40. The number of amides is 2. The van der Waals surface area contributed by atoms with E-state index in [1.54, 1.807) is 21.6 Å². The lowest BCUT2D eigenvalue weighted by molar-refractivity contribution is -0.115. The molecule has 0 spiro atoms. The molecule has 0 unspecified atom stereocenters.